The second-order valence-corrected chi connectivity index (χ2v) is 9.85. The van der Waals surface area contributed by atoms with E-state index in [-0.39, 0.29) is 24.3 Å². The summed E-state index contributed by atoms with van der Waals surface area (Å²) in [7, 11) is 0. The molecule has 7 heteroatoms. The number of rotatable bonds is 18. The van der Waals surface area contributed by atoms with E-state index in [1.165, 1.54) is 0 Å². The zero-order valence-corrected chi connectivity index (χ0v) is 24.2. The molecule has 1 aliphatic rings. The molecule has 0 aliphatic carbocycles. The molecule has 2 aromatic rings. The Bertz CT molecular complexity index is 1090. The van der Waals surface area contributed by atoms with Crippen LogP contribution in [0.15, 0.2) is 93.1 Å². The highest BCUT2D eigenvalue weighted by Crippen LogP contribution is 2.35. The molecule has 0 spiro atoms. The molecule has 0 amide bonds. The number of hydrogen-bond acceptors (Lipinski definition) is 6. The molecular formula is C33H42ClNO5. The third-order valence-electron chi connectivity index (χ3n) is 6.58. The van der Waals surface area contributed by atoms with Crippen molar-refractivity contribution >= 4 is 11.6 Å². The molecule has 5 atom stereocenters. The van der Waals surface area contributed by atoms with Gasteiger partial charge in [0.2, 0.25) is 0 Å². The van der Waals surface area contributed by atoms with Crippen LogP contribution >= 0.6 is 11.6 Å². The van der Waals surface area contributed by atoms with E-state index in [1.54, 1.807) is 24.3 Å². The van der Waals surface area contributed by atoms with Crippen LogP contribution in [-0.2, 0) is 25.4 Å². The van der Waals surface area contributed by atoms with E-state index in [4.69, 9.17) is 35.3 Å². The highest BCUT2D eigenvalue weighted by Gasteiger charge is 2.47. The highest BCUT2D eigenvalue weighted by molar-refractivity contribution is 6.31. The van der Waals surface area contributed by atoms with Gasteiger partial charge in [0.05, 0.1) is 51.7 Å². The molecule has 0 radical (unpaired) electrons. The molecule has 1 fully saturated rings. The summed E-state index contributed by atoms with van der Waals surface area (Å²) >= 11 is 6.69. The normalized spacial score (nSPS) is 22.4. The monoisotopic (exact) mass is 567 g/mol. The van der Waals surface area contributed by atoms with Gasteiger partial charge in [-0.05, 0) is 48.2 Å². The Morgan fingerprint density at radius 3 is 2.05 bits per heavy atom. The van der Waals surface area contributed by atoms with E-state index < -0.39 is 6.10 Å². The standard InChI is InChI=1S/C33H42ClNO5/c1-6-17-36-23-29-31(38-18-7-2)33(40-20-9-4)32(39-19-8-3)30(35-29)25-13-16-28(34)26(22-25)21-24-11-14-27(15-12-24)37-10-5/h6-9,11-16,22,29-33,35H,1-4,10,17-21,23H2,5H3/t29-,30?,31-,32+,33+/m1/s1. The van der Waals surface area contributed by atoms with Crippen molar-refractivity contribution in [2.24, 2.45) is 0 Å². The SMILES string of the molecule is C=CCOC[C@H]1NC(c2ccc(Cl)c(Cc3ccc(OCC)cc3)c2)[C@H](OCC=C)[C@@H](OCC=C)[C@@H]1OCC=C. The van der Waals surface area contributed by atoms with Crippen LogP contribution in [0.3, 0.4) is 0 Å². The molecule has 0 aromatic heterocycles. The molecule has 3 rings (SSSR count). The summed E-state index contributed by atoms with van der Waals surface area (Å²) in [4.78, 5) is 0. The Morgan fingerprint density at radius 2 is 1.43 bits per heavy atom. The topological polar surface area (TPSA) is 58.2 Å². The van der Waals surface area contributed by atoms with Crippen molar-refractivity contribution in [3.63, 3.8) is 0 Å². The van der Waals surface area contributed by atoms with Gasteiger partial charge in [0.15, 0.2) is 0 Å². The molecule has 216 valence electrons. The van der Waals surface area contributed by atoms with Gasteiger partial charge in [-0.3, -0.25) is 0 Å². The third-order valence-corrected chi connectivity index (χ3v) is 6.95. The van der Waals surface area contributed by atoms with Gasteiger partial charge >= 0.3 is 0 Å². The third kappa shape index (κ3) is 8.90. The minimum atomic E-state index is -0.410. The lowest BCUT2D eigenvalue weighted by Crippen LogP contribution is -2.64. The van der Waals surface area contributed by atoms with Gasteiger partial charge in [-0.2, -0.15) is 0 Å². The Morgan fingerprint density at radius 1 is 0.800 bits per heavy atom. The molecule has 1 aliphatic heterocycles. The number of piperidine rings is 1. The minimum absolute atomic E-state index is 0.187. The fraction of sp³-hybridized carbons (Fsp3) is 0.394. The van der Waals surface area contributed by atoms with Crippen molar-refractivity contribution in [2.45, 2.75) is 43.7 Å². The lowest BCUT2D eigenvalue weighted by Gasteiger charge is -2.47. The Balaban J connectivity index is 1.97. The highest BCUT2D eigenvalue weighted by atomic mass is 35.5. The molecule has 1 N–H and O–H groups in total. The predicted octanol–water partition coefficient (Wildman–Crippen LogP) is 6.26. The average Bonchev–Trinajstić information content (AvgIpc) is 2.96. The van der Waals surface area contributed by atoms with Gasteiger partial charge in [-0.1, -0.05) is 60.2 Å². The molecular weight excluding hydrogens is 526 g/mol. The van der Waals surface area contributed by atoms with Gasteiger partial charge in [-0.15, -0.1) is 26.3 Å². The zero-order valence-electron chi connectivity index (χ0n) is 23.4. The first kappa shape index (κ1) is 31.8. The van der Waals surface area contributed by atoms with Gasteiger partial charge in [0.1, 0.15) is 24.1 Å². The van der Waals surface area contributed by atoms with E-state index in [9.17, 15) is 0 Å². The van der Waals surface area contributed by atoms with Crippen molar-refractivity contribution in [1.29, 1.82) is 0 Å². The fourth-order valence-corrected chi connectivity index (χ4v) is 5.06. The van der Waals surface area contributed by atoms with Crippen LogP contribution in [0.4, 0.5) is 0 Å². The van der Waals surface area contributed by atoms with Crippen molar-refractivity contribution in [1.82, 2.24) is 5.32 Å². The van der Waals surface area contributed by atoms with Crippen LogP contribution < -0.4 is 10.1 Å². The van der Waals surface area contributed by atoms with Crippen molar-refractivity contribution < 1.29 is 23.7 Å². The van der Waals surface area contributed by atoms with Crippen LogP contribution in [0, 0.1) is 0 Å². The summed E-state index contributed by atoms with van der Waals surface area (Å²) < 4.78 is 30.4. The maximum absolute atomic E-state index is 6.69. The van der Waals surface area contributed by atoms with Crippen LogP contribution in [0.25, 0.3) is 0 Å². The summed E-state index contributed by atoms with van der Waals surface area (Å²) in [6.07, 6.45) is 6.45. The van der Waals surface area contributed by atoms with Crippen molar-refractivity contribution in [3.8, 4) is 5.75 Å². The molecule has 0 saturated carbocycles. The minimum Gasteiger partial charge on any atom is -0.494 e. The lowest BCUT2D eigenvalue weighted by molar-refractivity contribution is -0.174. The Labute approximate surface area is 244 Å². The smallest absolute Gasteiger partial charge is 0.119 e. The predicted molar refractivity (Wildman–Crippen MR) is 162 cm³/mol. The number of halogens is 1. The number of hydrogen-bond donors (Lipinski definition) is 1. The lowest BCUT2D eigenvalue weighted by atomic mass is 9.85. The van der Waals surface area contributed by atoms with Gasteiger partial charge < -0.3 is 29.0 Å². The van der Waals surface area contributed by atoms with Crippen LogP contribution in [0.1, 0.15) is 29.7 Å². The van der Waals surface area contributed by atoms with E-state index in [2.05, 4.69) is 49.8 Å². The van der Waals surface area contributed by atoms with E-state index >= 15 is 0 Å². The van der Waals surface area contributed by atoms with Gasteiger partial charge in [0.25, 0.3) is 0 Å². The summed E-state index contributed by atoms with van der Waals surface area (Å²) in [6, 6.07) is 13.8. The largest absolute Gasteiger partial charge is 0.494 e. The van der Waals surface area contributed by atoms with Crippen molar-refractivity contribution in [3.05, 3.63) is 115 Å². The number of ether oxygens (including phenoxy) is 5. The molecule has 1 saturated heterocycles. The maximum Gasteiger partial charge on any atom is 0.119 e. The van der Waals surface area contributed by atoms with Crippen LogP contribution in [0.2, 0.25) is 5.02 Å². The number of benzene rings is 2. The summed E-state index contributed by atoms with van der Waals surface area (Å²) in [6.45, 7) is 19.8. The van der Waals surface area contributed by atoms with E-state index in [1.807, 2.05) is 31.2 Å². The first-order valence-electron chi connectivity index (χ1n) is 13.7. The van der Waals surface area contributed by atoms with Crippen LogP contribution in [0.5, 0.6) is 5.75 Å². The first-order chi connectivity index (χ1) is 19.6. The van der Waals surface area contributed by atoms with Crippen molar-refractivity contribution in [2.75, 3.05) is 39.6 Å². The summed E-state index contributed by atoms with van der Waals surface area (Å²) in [5, 5.41) is 4.45. The average molecular weight is 568 g/mol. The Hall–Kier alpha value is -2.71. The Kier molecular flexibility index (Phi) is 13.7. The van der Waals surface area contributed by atoms with Crippen LogP contribution in [-0.4, -0.2) is 64.0 Å². The molecule has 1 unspecified atom stereocenters. The maximum atomic E-state index is 6.69. The van der Waals surface area contributed by atoms with E-state index in [0.717, 1.165) is 22.4 Å². The zero-order chi connectivity index (χ0) is 28.7. The molecule has 2 aromatic carbocycles. The molecule has 40 heavy (non-hydrogen) atoms. The second-order valence-electron chi connectivity index (χ2n) is 9.44. The molecule has 6 nitrogen and oxygen atoms in total. The van der Waals surface area contributed by atoms with Gasteiger partial charge in [0, 0.05) is 5.02 Å². The second kappa shape index (κ2) is 17.2. The number of nitrogens with one attached hydrogen (secondary N) is 1. The first-order valence-corrected chi connectivity index (χ1v) is 14.1. The van der Waals surface area contributed by atoms with Gasteiger partial charge in [-0.25, -0.2) is 0 Å². The fourth-order valence-electron chi connectivity index (χ4n) is 4.88. The van der Waals surface area contributed by atoms with E-state index in [0.29, 0.717) is 51.1 Å². The molecule has 1 heterocycles. The molecule has 0 bridgehead atoms. The summed E-state index contributed by atoms with van der Waals surface area (Å²) in [5.41, 5.74) is 3.18. The quantitative estimate of drug-likeness (QED) is 0.169. The summed E-state index contributed by atoms with van der Waals surface area (Å²) in [5.74, 6) is 0.850.